The lowest BCUT2D eigenvalue weighted by Crippen LogP contribution is -2.50. The number of ether oxygens (including phenoxy) is 1. The number of benzene rings is 1. The zero-order valence-electron chi connectivity index (χ0n) is 19.2. The highest BCUT2D eigenvalue weighted by molar-refractivity contribution is 6.35. The van der Waals surface area contributed by atoms with Crippen LogP contribution in [0, 0.1) is 11.3 Å². The van der Waals surface area contributed by atoms with E-state index in [4.69, 9.17) is 27.9 Å². The van der Waals surface area contributed by atoms with Crippen molar-refractivity contribution in [1.82, 2.24) is 10.2 Å². The zero-order chi connectivity index (χ0) is 24.6. The Morgan fingerprint density at radius 2 is 1.88 bits per heavy atom. The molecule has 10 heteroatoms. The molecule has 33 heavy (non-hydrogen) atoms. The van der Waals surface area contributed by atoms with E-state index in [9.17, 15) is 19.2 Å². The van der Waals surface area contributed by atoms with Crippen molar-refractivity contribution in [2.75, 3.05) is 11.9 Å². The first-order chi connectivity index (χ1) is 15.3. The Labute approximate surface area is 203 Å². The third-order valence-electron chi connectivity index (χ3n) is 6.46. The molecule has 8 nitrogen and oxygen atoms in total. The Bertz CT molecular complexity index is 967. The van der Waals surface area contributed by atoms with Crippen LogP contribution in [0.15, 0.2) is 18.2 Å². The van der Waals surface area contributed by atoms with Crippen molar-refractivity contribution in [1.29, 1.82) is 0 Å². The van der Waals surface area contributed by atoms with Crippen LogP contribution in [0.3, 0.4) is 0 Å². The Kier molecular flexibility index (Phi) is 7.29. The van der Waals surface area contributed by atoms with Gasteiger partial charge in [-0.25, -0.2) is 4.79 Å². The van der Waals surface area contributed by atoms with Crippen LogP contribution in [0.4, 0.5) is 10.5 Å². The van der Waals surface area contributed by atoms with E-state index >= 15 is 0 Å². The summed E-state index contributed by atoms with van der Waals surface area (Å²) < 4.78 is 5.15. The fourth-order valence-corrected chi connectivity index (χ4v) is 4.72. The minimum absolute atomic E-state index is 0.128. The third-order valence-corrected chi connectivity index (χ3v) is 7.03. The van der Waals surface area contributed by atoms with Crippen LogP contribution < -0.4 is 10.6 Å². The molecule has 1 saturated carbocycles. The molecular weight excluding hydrogens is 469 g/mol. The van der Waals surface area contributed by atoms with E-state index in [2.05, 4.69) is 31.4 Å². The maximum atomic E-state index is 13.0. The molecule has 2 N–H and O–H groups in total. The third kappa shape index (κ3) is 5.61. The minimum atomic E-state index is -1.18. The second-order valence-electron chi connectivity index (χ2n) is 9.79. The highest BCUT2D eigenvalue weighted by Gasteiger charge is 2.53. The number of carbonyl (C=O) groups is 4. The van der Waals surface area contributed by atoms with Crippen LogP contribution >= 0.6 is 23.2 Å². The fourth-order valence-electron chi connectivity index (χ4n) is 4.38. The van der Waals surface area contributed by atoms with E-state index in [1.807, 2.05) is 0 Å². The molecular formula is C23H29Cl2N3O5. The van der Waals surface area contributed by atoms with E-state index in [1.54, 1.807) is 6.07 Å². The average molecular weight is 498 g/mol. The Balaban J connectivity index is 1.56. The number of hydrogen-bond acceptors (Lipinski definition) is 5. The van der Waals surface area contributed by atoms with Gasteiger partial charge in [-0.15, -0.1) is 0 Å². The molecule has 3 rings (SSSR count). The highest BCUT2D eigenvalue weighted by atomic mass is 35.5. The van der Waals surface area contributed by atoms with Crippen LogP contribution in [-0.4, -0.2) is 46.9 Å². The molecule has 0 radical (unpaired) electrons. The van der Waals surface area contributed by atoms with Gasteiger partial charge in [0.1, 0.15) is 12.1 Å². The zero-order valence-corrected chi connectivity index (χ0v) is 20.7. The van der Waals surface area contributed by atoms with Crippen molar-refractivity contribution in [3.05, 3.63) is 28.2 Å². The molecule has 1 heterocycles. The Morgan fingerprint density at radius 1 is 1.24 bits per heavy atom. The smallest absolute Gasteiger partial charge is 0.327 e. The van der Waals surface area contributed by atoms with E-state index in [0.717, 1.165) is 17.7 Å². The molecule has 2 fully saturated rings. The van der Waals surface area contributed by atoms with Crippen molar-refractivity contribution in [3.63, 3.8) is 0 Å². The average Bonchev–Trinajstić information content (AvgIpc) is 2.94. The Morgan fingerprint density at radius 3 is 2.48 bits per heavy atom. The molecule has 4 amide bonds. The summed E-state index contributed by atoms with van der Waals surface area (Å²) in [5, 5.41) is 5.98. The van der Waals surface area contributed by atoms with Crippen molar-refractivity contribution >= 4 is 52.7 Å². The molecule has 1 spiro atoms. The molecule has 0 aromatic heterocycles. The quantitative estimate of drug-likeness (QED) is 0.463. The number of anilines is 1. The molecule has 1 saturated heterocycles. The molecule has 180 valence electrons. The van der Waals surface area contributed by atoms with Crippen molar-refractivity contribution in [3.8, 4) is 0 Å². The predicted molar refractivity (Wildman–Crippen MR) is 125 cm³/mol. The monoisotopic (exact) mass is 497 g/mol. The first-order valence-corrected chi connectivity index (χ1v) is 11.7. The number of urea groups is 1. The number of nitrogens with zero attached hydrogens (tertiary/aromatic N) is 1. The summed E-state index contributed by atoms with van der Waals surface area (Å²) >= 11 is 11.9. The number of hydrogen-bond donors (Lipinski definition) is 2. The summed E-state index contributed by atoms with van der Waals surface area (Å²) in [5.41, 5.74) is -0.562. The number of esters is 1. The van der Waals surface area contributed by atoms with Crippen LogP contribution in [0.5, 0.6) is 0 Å². The summed E-state index contributed by atoms with van der Waals surface area (Å²) in [6, 6.07) is 3.95. The van der Waals surface area contributed by atoms with Gasteiger partial charge >= 0.3 is 12.0 Å². The topological polar surface area (TPSA) is 105 Å². The summed E-state index contributed by atoms with van der Waals surface area (Å²) in [5.74, 6) is -1.45. The van der Waals surface area contributed by atoms with E-state index in [-0.39, 0.29) is 16.1 Å². The van der Waals surface area contributed by atoms with Crippen molar-refractivity contribution in [2.45, 2.75) is 65.0 Å². The second-order valence-corrected chi connectivity index (χ2v) is 10.6. The predicted octanol–water partition coefficient (Wildman–Crippen LogP) is 4.39. The maximum Gasteiger partial charge on any atom is 0.327 e. The van der Waals surface area contributed by atoms with Crippen molar-refractivity contribution < 1.29 is 23.9 Å². The van der Waals surface area contributed by atoms with Crippen molar-refractivity contribution in [2.24, 2.45) is 11.3 Å². The first kappa shape index (κ1) is 25.3. The Hall–Kier alpha value is -2.32. The maximum absolute atomic E-state index is 13.0. The number of imide groups is 1. The van der Waals surface area contributed by atoms with E-state index in [0.29, 0.717) is 23.8 Å². The summed E-state index contributed by atoms with van der Waals surface area (Å²) in [7, 11) is 0. The largest absolute Gasteiger partial charge is 0.451 e. The molecule has 2 aliphatic rings. The number of amides is 4. The lowest BCUT2D eigenvalue weighted by molar-refractivity contribution is -0.155. The summed E-state index contributed by atoms with van der Waals surface area (Å²) in [6.45, 7) is 7.33. The molecule has 1 aliphatic carbocycles. The van der Waals surface area contributed by atoms with Crippen LogP contribution in [-0.2, 0) is 19.1 Å². The van der Waals surface area contributed by atoms with Crippen LogP contribution in [0.1, 0.15) is 53.4 Å². The van der Waals surface area contributed by atoms with Gasteiger partial charge in [0.15, 0.2) is 6.10 Å². The summed E-state index contributed by atoms with van der Waals surface area (Å²) in [4.78, 5) is 51.2. The van der Waals surface area contributed by atoms with Gasteiger partial charge in [0.2, 0.25) is 0 Å². The SMILES string of the molecule is C[C@@H](OC(=O)CN1C(=O)NC2(CCC(C(C)(C)C)CC2)C1=O)C(=O)Nc1cc(Cl)ccc1Cl. The number of carbonyl (C=O) groups excluding carboxylic acids is 4. The molecule has 1 atom stereocenters. The van der Waals surface area contributed by atoms with Gasteiger partial charge < -0.3 is 15.4 Å². The van der Waals surface area contributed by atoms with E-state index < -0.39 is 42.0 Å². The minimum Gasteiger partial charge on any atom is -0.451 e. The van der Waals surface area contributed by atoms with Gasteiger partial charge in [0, 0.05) is 5.02 Å². The van der Waals surface area contributed by atoms with Gasteiger partial charge in [-0.05, 0) is 62.1 Å². The van der Waals surface area contributed by atoms with E-state index in [1.165, 1.54) is 19.1 Å². The number of halogens is 2. The number of rotatable bonds is 5. The van der Waals surface area contributed by atoms with Crippen LogP contribution in [0.25, 0.3) is 0 Å². The number of nitrogens with one attached hydrogen (secondary N) is 2. The molecule has 1 aromatic rings. The molecule has 1 aliphatic heterocycles. The van der Waals surface area contributed by atoms with Gasteiger partial charge in [-0.3, -0.25) is 19.3 Å². The normalized spacial score (nSPS) is 23.9. The van der Waals surface area contributed by atoms with Gasteiger partial charge in [-0.2, -0.15) is 0 Å². The highest BCUT2D eigenvalue weighted by Crippen LogP contribution is 2.43. The van der Waals surface area contributed by atoms with Gasteiger partial charge in [0.05, 0.1) is 10.7 Å². The van der Waals surface area contributed by atoms with Crippen LogP contribution in [0.2, 0.25) is 10.0 Å². The lowest BCUT2D eigenvalue weighted by Gasteiger charge is -2.40. The summed E-state index contributed by atoms with van der Waals surface area (Å²) in [6.07, 6.45) is 1.52. The lowest BCUT2D eigenvalue weighted by atomic mass is 9.67. The molecule has 1 aromatic carbocycles. The second kappa shape index (κ2) is 9.50. The van der Waals surface area contributed by atoms with Gasteiger partial charge in [0.25, 0.3) is 11.8 Å². The van der Waals surface area contributed by atoms with Gasteiger partial charge in [-0.1, -0.05) is 44.0 Å². The molecule has 0 unspecified atom stereocenters. The fraction of sp³-hybridized carbons (Fsp3) is 0.565. The molecule has 0 bridgehead atoms. The standard InChI is InChI=1S/C23H29Cl2N3O5/c1-13(19(30)26-17-11-15(24)5-6-16(17)25)33-18(29)12-28-20(31)23(27-21(28)32)9-7-14(8-10-23)22(2,3)4/h5-6,11,13-14H,7-10,12H2,1-4H3,(H,26,30)(H,27,32)/t13-,14?,23?/m1/s1. The first-order valence-electron chi connectivity index (χ1n) is 10.9.